The van der Waals surface area contributed by atoms with Crippen LogP contribution < -0.4 is 5.73 Å². The fourth-order valence-electron chi connectivity index (χ4n) is 1.12. The Morgan fingerprint density at radius 3 is 3.00 bits per heavy atom. The number of pyridine rings is 1. The molecular weight excluding hydrogens is 166 g/mol. The van der Waals surface area contributed by atoms with E-state index in [1.54, 1.807) is 18.7 Å². The van der Waals surface area contributed by atoms with Gasteiger partial charge in [-0.15, -0.1) is 0 Å². The zero-order chi connectivity index (χ0) is 9.10. The second-order valence-electron chi connectivity index (χ2n) is 2.65. The average Bonchev–Trinajstić information content (AvgIpc) is 2.71. The maximum atomic E-state index is 5.47. The maximum Gasteiger partial charge on any atom is 0.131 e. The number of rotatable bonds is 2. The van der Waals surface area contributed by atoms with Crippen LogP contribution in [0.15, 0.2) is 35.3 Å². The molecule has 2 N–H and O–H groups in total. The smallest absolute Gasteiger partial charge is 0.131 e. The summed E-state index contributed by atoms with van der Waals surface area (Å²) in [6.07, 6.45) is 4.98. The van der Waals surface area contributed by atoms with E-state index in [1.807, 2.05) is 12.1 Å². The number of aromatic nitrogens is 2. The second-order valence-corrected chi connectivity index (χ2v) is 2.65. The minimum Gasteiger partial charge on any atom is -0.364 e. The molecule has 0 saturated carbocycles. The predicted octanol–water partition coefficient (Wildman–Crippen LogP) is 1.20. The molecular formula is C9H9N3O. The Morgan fingerprint density at radius 2 is 2.31 bits per heavy atom. The SMILES string of the molecule is NCc1cc(-c2cnoc2)ccn1. The van der Waals surface area contributed by atoms with Gasteiger partial charge in [-0.2, -0.15) is 0 Å². The van der Waals surface area contributed by atoms with Gasteiger partial charge in [0.1, 0.15) is 6.26 Å². The van der Waals surface area contributed by atoms with Gasteiger partial charge in [0.25, 0.3) is 0 Å². The van der Waals surface area contributed by atoms with Crippen LogP contribution in [0, 0.1) is 0 Å². The molecule has 0 atom stereocenters. The maximum absolute atomic E-state index is 5.47. The van der Waals surface area contributed by atoms with Crippen molar-refractivity contribution in [3.05, 3.63) is 36.5 Å². The Kier molecular flexibility index (Phi) is 2.06. The highest BCUT2D eigenvalue weighted by molar-refractivity contribution is 5.60. The first-order valence-electron chi connectivity index (χ1n) is 3.95. The largest absolute Gasteiger partial charge is 0.364 e. The Morgan fingerprint density at radius 1 is 1.38 bits per heavy atom. The van der Waals surface area contributed by atoms with Crippen molar-refractivity contribution in [2.45, 2.75) is 6.54 Å². The minimum absolute atomic E-state index is 0.444. The first-order valence-corrected chi connectivity index (χ1v) is 3.95. The lowest BCUT2D eigenvalue weighted by atomic mass is 10.1. The van der Waals surface area contributed by atoms with Gasteiger partial charge in [0.2, 0.25) is 0 Å². The number of nitrogens with two attached hydrogens (primary N) is 1. The van der Waals surface area contributed by atoms with E-state index >= 15 is 0 Å². The van der Waals surface area contributed by atoms with Crippen LogP contribution in [0.3, 0.4) is 0 Å². The van der Waals surface area contributed by atoms with Crippen LogP contribution in [0.25, 0.3) is 11.1 Å². The molecule has 0 aliphatic rings. The molecule has 0 aliphatic heterocycles. The standard InChI is InChI=1S/C9H9N3O/c10-4-9-3-7(1-2-11-9)8-5-12-13-6-8/h1-3,5-6H,4,10H2. The van der Waals surface area contributed by atoms with Gasteiger partial charge in [0, 0.05) is 18.3 Å². The van der Waals surface area contributed by atoms with Gasteiger partial charge < -0.3 is 10.3 Å². The normalized spacial score (nSPS) is 10.2. The van der Waals surface area contributed by atoms with Crippen LogP contribution in [0.5, 0.6) is 0 Å². The van der Waals surface area contributed by atoms with E-state index in [2.05, 4.69) is 10.1 Å². The Balaban J connectivity index is 2.41. The first kappa shape index (κ1) is 7.94. The van der Waals surface area contributed by atoms with Crippen molar-refractivity contribution < 1.29 is 4.52 Å². The van der Waals surface area contributed by atoms with Crippen molar-refractivity contribution in [2.24, 2.45) is 5.73 Å². The van der Waals surface area contributed by atoms with Gasteiger partial charge in [0.05, 0.1) is 11.9 Å². The fraction of sp³-hybridized carbons (Fsp3) is 0.111. The zero-order valence-electron chi connectivity index (χ0n) is 6.97. The van der Waals surface area contributed by atoms with Crippen LogP contribution >= 0.6 is 0 Å². The molecule has 0 radical (unpaired) electrons. The van der Waals surface area contributed by atoms with Crippen LogP contribution in [0.4, 0.5) is 0 Å². The lowest BCUT2D eigenvalue weighted by Gasteiger charge is -1.98. The van der Waals surface area contributed by atoms with Gasteiger partial charge >= 0.3 is 0 Å². The first-order chi connectivity index (χ1) is 6.40. The molecule has 0 bridgehead atoms. The molecule has 0 amide bonds. The fourth-order valence-corrected chi connectivity index (χ4v) is 1.12. The molecule has 0 unspecified atom stereocenters. The number of nitrogens with zero attached hydrogens (tertiary/aromatic N) is 2. The van der Waals surface area contributed by atoms with Crippen LogP contribution in [-0.4, -0.2) is 10.1 Å². The van der Waals surface area contributed by atoms with E-state index in [4.69, 9.17) is 10.3 Å². The molecule has 0 fully saturated rings. The predicted molar refractivity (Wildman–Crippen MR) is 47.6 cm³/mol. The third-order valence-electron chi connectivity index (χ3n) is 1.79. The monoisotopic (exact) mass is 175 g/mol. The van der Waals surface area contributed by atoms with Crippen molar-refractivity contribution in [1.82, 2.24) is 10.1 Å². The molecule has 13 heavy (non-hydrogen) atoms. The van der Waals surface area contributed by atoms with Crippen molar-refractivity contribution in [3.8, 4) is 11.1 Å². The summed E-state index contributed by atoms with van der Waals surface area (Å²) in [6.45, 7) is 0.444. The molecule has 2 heterocycles. The van der Waals surface area contributed by atoms with Crippen molar-refractivity contribution in [3.63, 3.8) is 0 Å². The molecule has 4 nitrogen and oxygen atoms in total. The van der Waals surface area contributed by atoms with E-state index < -0.39 is 0 Å². The van der Waals surface area contributed by atoms with Crippen LogP contribution in [0.1, 0.15) is 5.69 Å². The highest BCUT2D eigenvalue weighted by Crippen LogP contribution is 2.17. The molecule has 4 heteroatoms. The minimum atomic E-state index is 0.444. The summed E-state index contributed by atoms with van der Waals surface area (Å²) in [5.74, 6) is 0. The topological polar surface area (TPSA) is 64.9 Å². The molecule has 0 spiro atoms. The molecule has 2 rings (SSSR count). The summed E-state index contributed by atoms with van der Waals surface area (Å²) in [5.41, 5.74) is 8.30. The van der Waals surface area contributed by atoms with E-state index in [-0.39, 0.29) is 0 Å². The van der Waals surface area contributed by atoms with E-state index in [0.29, 0.717) is 6.54 Å². The van der Waals surface area contributed by atoms with Crippen LogP contribution in [-0.2, 0) is 6.54 Å². The highest BCUT2D eigenvalue weighted by atomic mass is 16.5. The summed E-state index contributed by atoms with van der Waals surface area (Å²) in [4.78, 5) is 4.09. The molecule has 0 aliphatic carbocycles. The van der Waals surface area contributed by atoms with Crippen molar-refractivity contribution in [2.75, 3.05) is 0 Å². The van der Waals surface area contributed by atoms with Gasteiger partial charge in [-0.05, 0) is 17.7 Å². The Bertz CT molecular complexity index is 384. The lowest BCUT2D eigenvalue weighted by molar-refractivity contribution is 0.420. The third kappa shape index (κ3) is 1.57. The molecule has 2 aromatic heterocycles. The Labute approximate surface area is 75.4 Å². The third-order valence-corrected chi connectivity index (χ3v) is 1.79. The lowest BCUT2D eigenvalue weighted by Crippen LogP contribution is -1.98. The number of hydrogen-bond donors (Lipinski definition) is 1. The van der Waals surface area contributed by atoms with Gasteiger partial charge in [-0.1, -0.05) is 5.16 Å². The zero-order valence-corrected chi connectivity index (χ0v) is 6.97. The molecule has 66 valence electrons. The van der Waals surface area contributed by atoms with Gasteiger partial charge in [-0.25, -0.2) is 0 Å². The van der Waals surface area contributed by atoms with Crippen LogP contribution in [0.2, 0.25) is 0 Å². The van der Waals surface area contributed by atoms with E-state index in [1.165, 1.54) is 0 Å². The second kappa shape index (κ2) is 3.37. The van der Waals surface area contributed by atoms with E-state index in [9.17, 15) is 0 Å². The summed E-state index contributed by atoms with van der Waals surface area (Å²) >= 11 is 0. The van der Waals surface area contributed by atoms with Crippen molar-refractivity contribution in [1.29, 1.82) is 0 Å². The highest BCUT2D eigenvalue weighted by Gasteiger charge is 2.00. The van der Waals surface area contributed by atoms with Gasteiger partial charge in [0.15, 0.2) is 0 Å². The van der Waals surface area contributed by atoms with Gasteiger partial charge in [-0.3, -0.25) is 4.98 Å². The van der Waals surface area contributed by atoms with Crippen molar-refractivity contribution >= 4 is 0 Å². The molecule has 0 aromatic carbocycles. The summed E-state index contributed by atoms with van der Waals surface area (Å²) < 4.78 is 4.74. The summed E-state index contributed by atoms with van der Waals surface area (Å²) in [7, 11) is 0. The summed E-state index contributed by atoms with van der Waals surface area (Å²) in [6, 6.07) is 3.82. The Hall–Kier alpha value is -1.68. The quantitative estimate of drug-likeness (QED) is 0.744. The van der Waals surface area contributed by atoms with E-state index in [0.717, 1.165) is 16.8 Å². The molecule has 0 saturated heterocycles. The number of hydrogen-bond acceptors (Lipinski definition) is 4. The summed E-state index contributed by atoms with van der Waals surface area (Å²) in [5, 5.41) is 3.63. The average molecular weight is 175 g/mol. The molecule has 2 aromatic rings.